The molecule has 1 fully saturated rings. The van der Waals surface area contributed by atoms with Gasteiger partial charge in [0.25, 0.3) is 5.91 Å². The minimum atomic E-state index is -0.809. The van der Waals surface area contributed by atoms with E-state index in [1.807, 2.05) is 6.07 Å². The maximum Gasteiger partial charge on any atom is 0.310 e. The molecule has 0 aliphatic carbocycles. The fourth-order valence-electron chi connectivity index (χ4n) is 2.27. The van der Waals surface area contributed by atoms with E-state index < -0.39 is 5.97 Å². The molecule has 0 spiro atoms. The Balaban J connectivity index is 2.06. The van der Waals surface area contributed by atoms with Crippen LogP contribution in [0, 0.1) is 5.92 Å². The number of carbonyl (C=O) groups excluding carboxylic acids is 1. The summed E-state index contributed by atoms with van der Waals surface area (Å²) in [5.41, 5.74) is 1.26. The topological polar surface area (TPSA) is 57.6 Å². The van der Waals surface area contributed by atoms with Gasteiger partial charge in [0.1, 0.15) is 0 Å². The van der Waals surface area contributed by atoms with Gasteiger partial charge in [-0.25, -0.2) is 0 Å². The number of carbonyl (C=O) groups is 2. The summed E-state index contributed by atoms with van der Waals surface area (Å²) >= 11 is 1.57. The Morgan fingerprint density at radius 1 is 1.42 bits per heavy atom. The van der Waals surface area contributed by atoms with E-state index in [0.29, 0.717) is 13.1 Å². The SMILES string of the molecule is CCCc1sc(C(=O)N2CC(C(=O)O)C2)cc1CC. The summed E-state index contributed by atoms with van der Waals surface area (Å²) in [6, 6.07) is 1.98. The third-order valence-electron chi connectivity index (χ3n) is 3.48. The van der Waals surface area contributed by atoms with Gasteiger partial charge in [-0.3, -0.25) is 9.59 Å². The zero-order chi connectivity index (χ0) is 14.0. The van der Waals surface area contributed by atoms with Crippen molar-refractivity contribution >= 4 is 23.2 Å². The average Bonchev–Trinajstić information content (AvgIpc) is 2.70. The Hall–Kier alpha value is -1.36. The normalized spacial score (nSPS) is 15.4. The predicted molar refractivity (Wildman–Crippen MR) is 74.7 cm³/mol. The van der Waals surface area contributed by atoms with Gasteiger partial charge in [0, 0.05) is 18.0 Å². The molecule has 0 aromatic carbocycles. The number of nitrogens with zero attached hydrogens (tertiary/aromatic N) is 1. The molecular weight excluding hydrogens is 262 g/mol. The number of carboxylic acids is 1. The van der Waals surface area contributed by atoms with Gasteiger partial charge in [-0.15, -0.1) is 11.3 Å². The van der Waals surface area contributed by atoms with Crippen LogP contribution in [-0.4, -0.2) is 35.0 Å². The molecular formula is C14H19NO3S. The largest absolute Gasteiger partial charge is 0.481 e. The van der Waals surface area contributed by atoms with Crippen molar-refractivity contribution in [2.24, 2.45) is 5.92 Å². The molecule has 1 saturated heterocycles. The minimum Gasteiger partial charge on any atom is -0.481 e. The molecule has 1 aromatic rings. The van der Waals surface area contributed by atoms with E-state index in [1.165, 1.54) is 10.4 Å². The lowest BCUT2D eigenvalue weighted by Gasteiger charge is -2.36. The second kappa shape index (κ2) is 5.74. The minimum absolute atomic E-state index is 0.0143. The smallest absolute Gasteiger partial charge is 0.310 e. The maximum atomic E-state index is 12.2. The lowest BCUT2D eigenvalue weighted by atomic mass is 10.0. The number of carboxylic acid groups (broad SMARTS) is 1. The van der Waals surface area contributed by atoms with E-state index in [1.54, 1.807) is 16.2 Å². The van der Waals surface area contributed by atoms with Gasteiger partial charge in [0.05, 0.1) is 10.8 Å². The van der Waals surface area contributed by atoms with Crippen molar-refractivity contribution in [3.8, 4) is 0 Å². The van der Waals surface area contributed by atoms with Gasteiger partial charge in [0.15, 0.2) is 0 Å². The van der Waals surface area contributed by atoms with Gasteiger partial charge in [0.2, 0.25) is 0 Å². The van der Waals surface area contributed by atoms with Gasteiger partial charge in [-0.05, 0) is 24.5 Å². The van der Waals surface area contributed by atoms with Crippen LogP contribution >= 0.6 is 11.3 Å². The zero-order valence-corrected chi connectivity index (χ0v) is 12.1. The van der Waals surface area contributed by atoms with Crippen LogP contribution in [0.4, 0.5) is 0 Å². The summed E-state index contributed by atoms with van der Waals surface area (Å²) < 4.78 is 0. The lowest BCUT2D eigenvalue weighted by molar-refractivity contribution is -0.146. The number of aryl methyl sites for hydroxylation is 2. The highest BCUT2D eigenvalue weighted by atomic mass is 32.1. The van der Waals surface area contributed by atoms with Gasteiger partial charge >= 0.3 is 5.97 Å². The first-order valence-corrected chi connectivity index (χ1v) is 7.52. The van der Waals surface area contributed by atoms with Gasteiger partial charge in [-0.1, -0.05) is 20.3 Å². The van der Waals surface area contributed by atoms with Crippen LogP contribution in [0.2, 0.25) is 0 Å². The zero-order valence-electron chi connectivity index (χ0n) is 11.3. The van der Waals surface area contributed by atoms with Crippen molar-refractivity contribution < 1.29 is 14.7 Å². The molecule has 1 aliphatic heterocycles. The molecule has 0 bridgehead atoms. The van der Waals surface area contributed by atoms with Crippen LogP contribution in [0.3, 0.4) is 0 Å². The monoisotopic (exact) mass is 281 g/mol. The molecule has 0 radical (unpaired) electrons. The number of likely N-dealkylation sites (tertiary alicyclic amines) is 1. The van der Waals surface area contributed by atoms with Crippen molar-refractivity contribution in [1.29, 1.82) is 0 Å². The Morgan fingerprint density at radius 2 is 2.11 bits per heavy atom. The molecule has 19 heavy (non-hydrogen) atoms. The quantitative estimate of drug-likeness (QED) is 0.901. The molecule has 1 aromatic heterocycles. The lowest BCUT2D eigenvalue weighted by Crippen LogP contribution is -2.52. The Bertz CT molecular complexity index is 489. The van der Waals surface area contributed by atoms with Crippen LogP contribution in [-0.2, 0) is 17.6 Å². The van der Waals surface area contributed by atoms with Crippen LogP contribution in [0.1, 0.15) is 40.4 Å². The van der Waals surface area contributed by atoms with E-state index >= 15 is 0 Å². The second-order valence-corrected chi connectivity index (χ2v) is 6.04. The molecule has 1 aliphatic rings. The molecule has 4 nitrogen and oxygen atoms in total. The Kier molecular flexibility index (Phi) is 4.24. The van der Waals surface area contributed by atoms with Crippen LogP contribution in [0.15, 0.2) is 6.07 Å². The third-order valence-corrected chi connectivity index (χ3v) is 4.71. The molecule has 5 heteroatoms. The molecule has 2 heterocycles. The first-order valence-electron chi connectivity index (χ1n) is 6.70. The summed E-state index contributed by atoms with van der Waals surface area (Å²) in [4.78, 5) is 26.6. The second-order valence-electron chi connectivity index (χ2n) is 4.91. The summed E-state index contributed by atoms with van der Waals surface area (Å²) in [6.07, 6.45) is 3.03. The third kappa shape index (κ3) is 2.81. The molecule has 2 rings (SSSR count). The first kappa shape index (κ1) is 14.1. The highest BCUT2D eigenvalue weighted by Gasteiger charge is 2.36. The fraction of sp³-hybridized carbons (Fsp3) is 0.571. The summed E-state index contributed by atoms with van der Waals surface area (Å²) in [5.74, 6) is -1.21. The molecule has 0 unspecified atom stereocenters. The van der Waals surface area contributed by atoms with E-state index in [-0.39, 0.29) is 11.8 Å². The highest BCUT2D eigenvalue weighted by molar-refractivity contribution is 7.14. The van der Waals surface area contributed by atoms with E-state index in [2.05, 4.69) is 13.8 Å². The van der Waals surface area contributed by atoms with Gasteiger partial charge < -0.3 is 10.0 Å². The summed E-state index contributed by atoms with van der Waals surface area (Å²) in [5, 5.41) is 8.82. The molecule has 1 N–H and O–H groups in total. The number of hydrogen-bond acceptors (Lipinski definition) is 3. The van der Waals surface area contributed by atoms with Crippen LogP contribution < -0.4 is 0 Å². The van der Waals surface area contributed by atoms with Crippen molar-refractivity contribution in [3.63, 3.8) is 0 Å². The van der Waals surface area contributed by atoms with Crippen molar-refractivity contribution in [2.45, 2.75) is 33.1 Å². The van der Waals surface area contributed by atoms with E-state index in [4.69, 9.17) is 5.11 Å². The number of rotatable bonds is 5. The van der Waals surface area contributed by atoms with Crippen LogP contribution in [0.25, 0.3) is 0 Å². The standard InChI is InChI=1S/C14H19NO3S/c1-3-5-11-9(4-2)6-12(19-11)13(16)15-7-10(8-15)14(17)18/h6,10H,3-5,7-8H2,1-2H3,(H,17,18). The summed E-state index contributed by atoms with van der Waals surface area (Å²) in [6.45, 7) is 4.92. The summed E-state index contributed by atoms with van der Waals surface area (Å²) in [7, 11) is 0. The number of hydrogen-bond donors (Lipinski definition) is 1. The fourth-order valence-corrected chi connectivity index (χ4v) is 3.59. The molecule has 0 atom stereocenters. The molecule has 104 valence electrons. The van der Waals surface area contributed by atoms with Crippen molar-refractivity contribution in [1.82, 2.24) is 4.90 Å². The first-order chi connectivity index (χ1) is 9.06. The number of aliphatic carboxylic acids is 1. The highest BCUT2D eigenvalue weighted by Crippen LogP contribution is 2.28. The predicted octanol–water partition coefficient (Wildman–Crippen LogP) is 2.42. The van der Waals surface area contributed by atoms with Crippen molar-refractivity contribution in [3.05, 3.63) is 21.4 Å². The maximum absolute atomic E-state index is 12.2. The number of amides is 1. The van der Waals surface area contributed by atoms with Crippen molar-refractivity contribution in [2.75, 3.05) is 13.1 Å². The Labute approximate surface area is 117 Å². The molecule has 1 amide bonds. The van der Waals surface area contributed by atoms with Crippen LogP contribution in [0.5, 0.6) is 0 Å². The Morgan fingerprint density at radius 3 is 2.63 bits per heavy atom. The van der Waals surface area contributed by atoms with Gasteiger partial charge in [-0.2, -0.15) is 0 Å². The van der Waals surface area contributed by atoms with E-state index in [0.717, 1.165) is 24.1 Å². The molecule has 0 saturated carbocycles. The van der Waals surface area contributed by atoms with E-state index in [9.17, 15) is 9.59 Å². The number of thiophene rings is 1. The average molecular weight is 281 g/mol.